The maximum Gasteiger partial charge on any atom is 0.270 e. The van der Waals surface area contributed by atoms with Crippen LogP contribution in [0.1, 0.15) is 11.1 Å². The first-order valence-electron chi connectivity index (χ1n) is 10.5. The third-order valence-corrected chi connectivity index (χ3v) is 6.51. The summed E-state index contributed by atoms with van der Waals surface area (Å²) in [6.45, 7) is 0.279. The number of benzene rings is 3. The van der Waals surface area contributed by atoms with E-state index in [2.05, 4.69) is 0 Å². The molecule has 3 aromatic carbocycles. The van der Waals surface area contributed by atoms with E-state index in [1.54, 1.807) is 42.4 Å². The summed E-state index contributed by atoms with van der Waals surface area (Å²) in [6, 6.07) is 19.3. The first-order chi connectivity index (χ1) is 16.4. The molecule has 1 aliphatic heterocycles. The standard InChI is InChI=1S/C26H23FN2O3S2/c1-28(2)20-9-11-21(12-10-20)29-25(30)24(34-26(29)33)15-18-6-13-22(23(14-18)31-3)32-16-17-4-7-19(27)8-5-17/h4-15H,16H2,1-3H3/b24-15-. The lowest BCUT2D eigenvalue weighted by molar-refractivity contribution is -0.113. The minimum Gasteiger partial charge on any atom is -0.493 e. The first-order valence-corrected chi connectivity index (χ1v) is 11.7. The molecule has 1 heterocycles. The van der Waals surface area contributed by atoms with Crippen LogP contribution in [0.5, 0.6) is 11.5 Å². The van der Waals surface area contributed by atoms with Crippen LogP contribution in [0, 0.1) is 5.82 Å². The zero-order valence-electron chi connectivity index (χ0n) is 18.9. The van der Waals surface area contributed by atoms with Crippen molar-refractivity contribution < 1.29 is 18.7 Å². The molecule has 0 radical (unpaired) electrons. The number of thiocarbonyl (C=S) groups is 1. The molecule has 0 spiro atoms. The summed E-state index contributed by atoms with van der Waals surface area (Å²) in [5.74, 6) is 0.632. The first kappa shape index (κ1) is 23.8. The summed E-state index contributed by atoms with van der Waals surface area (Å²) in [7, 11) is 5.48. The van der Waals surface area contributed by atoms with Gasteiger partial charge in [0, 0.05) is 19.8 Å². The molecule has 0 unspecified atom stereocenters. The van der Waals surface area contributed by atoms with Gasteiger partial charge in [-0.1, -0.05) is 42.2 Å². The molecule has 8 heteroatoms. The number of amides is 1. The third-order valence-electron chi connectivity index (χ3n) is 5.21. The number of halogens is 1. The summed E-state index contributed by atoms with van der Waals surface area (Å²) < 4.78 is 24.9. The molecule has 1 saturated heterocycles. The van der Waals surface area contributed by atoms with Crippen LogP contribution in [0.2, 0.25) is 0 Å². The van der Waals surface area contributed by atoms with Crippen LogP contribution < -0.4 is 19.3 Å². The van der Waals surface area contributed by atoms with E-state index < -0.39 is 0 Å². The Kier molecular flexibility index (Phi) is 7.19. The van der Waals surface area contributed by atoms with Crippen molar-refractivity contribution in [3.8, 4) is 11.5 Å². The lowest BCUT2D eigenvalue weighted by atomic mass is 10.1. The van der Waals surface area contributed by atoms with E-state index in [1.807, 2.05) is 49.3 Å². The maximum absolute atomic E-state index is 13.1. The van der Waals surface area contributed by atoms with Gasteiger partial charge in [-0.15, -0.1) is 0 Å². The molecule has 1 aliphatic rings. The van der Waals surface area contributed by atoms with E-state index in [9.17, 15) is 9.18 Å². The second-order valence-corrected chi connectivity index (χ2v) is 9.43. The van der Waals surface area contributed by atoms with Crippen LogP contribution in [0.3, 0.4) is 0 Å². The van der Waals surface area contributed by atoms with Gasteiger partial charge in [0.25, 0.3) is 5.91 Å². The summed E-state index contributed by atoms with van der Waals surface area (Å²) in [5, 5.41) is 0. The van der Waals surface area contributed by atoms with Crippen molar-refractivity contribution in [1.29, 1.82) is 0 Å². The molecule has 174 valence electrons. The van der Waals surface area contributed by atoms with Crippen LogP contribution in [-0.2, 0) is 11.4 Å². The highest BCUT2D eigenvalue weighted by Crippen LogP contribution is 2.37. The molecule has 0 bridgehead atoms. The number of methoxy groups -OCH3 is 1. The molecule has 0 aromatic heterocycles. The Morgan fingerprint density at radius 3 is 2.38 bits per heavy atom. The fraction of sp³-hybridized carbons (Fsp3) is 0.154. The number of nitrogens with zero attached hydrogens (tertiary/aromatic N) is 2. The van der Waals surface area contributed by atoms with Gasteiger partial charge in [-0.3, -0.25) is 9.69 Å². The van der Waals surface area contributed by atoms with Gasteiger partial charge >= 0.3 is 0 Å². The molecule has 1 amide bonds. The maximum atomic E-state index is 13.1. The zero-order valence-corrected chi connectivity index (χ0v) is 20.6. The number of ether oxygens (including phenoxy) is 2. The van der Waals surface area contributed by atoms with Crippen molar-refractivity contribution in [3.63, 3.8) is 0 Å². The molecule has 0 aliphatic carbocycles. The lowest BCUT2D eigenvalue weighted by Crippen LogP contribution is -2.27. The van der Waals surface area contributed by atoms with Gasteiger partial charge in [0.2, 0.25) is 0 Å². The summed E-state index contributed by atoms with van der Waals surface area (Å²) in [6.07, 6.45) is 1.79. The number of rotatable bonds is 7. The van der Waals surface area contributed by atoms with E-state index in [0.29, 0.717) is 20.7 Å². The van der Waals surface area contributed by atoms with Gasteiger partial charge in [-0.05, 0) is 65.7 Å². The molecular formula is C26H23FN2O3S2. The van der Waals surface area contributed by atoms with E-state index >= 15 is 0 Å². The minimum absolute atomic E-state index is 0.164. The topological polar surface area (TPSA) is 42.0 Å². The number of thioether (sulfide) groups is 1. The molecule has 4 rings (SSSR count). The minimum atomic E-state index is -0.290. The number of carbonyl (C=O) groups excluding carboxylic acids is 1. The predicted molar refractivity (Wildman–Crippen MR) is 140 cm³/mol. The van der Waals surface area contributed by atoms with Crippen molar-refractivity contribution in [2.75, 3.05) is 31.0 Å². The summed E-state index contributed by atoms with van der Waals surface area (Å²) >= 11 is 6.75. The Balaban J connectivity index is 1.51. The Bertz CT molecular complexity index is 1240. The number of carbonyl (C=O) groups is 1. The van der Waals surface area contributed by atoms with Crippen LogP contribution >= 0.6 is 24.0 Å². The average Bonchev–Trinajstić information content (AvgIpc) is 3.11. The second kappa shape index (κ2) is 10.3. The van der Waals surface area contributed by atoms with Crippen molar-refractivity contribution in [2.45, 2.75) is 6.61 Å². The van der Waals surface area contributed by atoms with Crippen LogP contribution in [0.15, 0.2) is 71.6 Å². The number of hydrogen-bond donors (Lipinski definition) is 0. The molecule has 0 saturated carbocycles. The quantitative estimate of drug-likeness (QED) is 0.302. The Morgan fingerprint density at radius 2 is 1.74 bits per heavy atom. The zero-order chi connectivity index (χ0) is 24.2. The van der Waals surface area contributed by atoms with E-state index in [-0.39, 0.29) is 18.3 Å². The van der Waals surface area contributed by atoms with Gasteiger partial charge < -0.3 is 14.4 Å². The van der Waals surface area contributed by atoms with E-state index in [4.69, 9.17) is 21.7 Å². The molecule has 34 heavy (non-hydrogen) atoms. The highest BCUT2D eigenvalue weighted by atomic mass is 32.2. The normalized spacial score (nSPS) is 14.6. The smallest absolute Gasteiger partial charge is 0.270 e. The fourth-order valence-electron chi connectivity index (χ4n) is 3.38. The Morgan fingerprint density at radius 1 is 1.03 bits per heavy atom. The third kappa shape index (κ3) is 5.24. The predicted octanol–water partition coefficient (Wildman–Crippen LogP) is 5.89. The fourth-order valence-corrected chi connectivity index (χ4v) is 4.68. The monoisotopic (exact) mass is 494 g/mol. The summed E-state index contributed by atoms with van der Waals surface area (Å²) in [4.78, 5) is 17.2. The SMILES string of the molecule is COc1cc(/C=C2\SC(=S)N(c3ccc(N(C)C)cc3)C2=O)ccc1OCc1ccc(F)cc1. The van der Waals surface area contributed by atoms with Crippen molar-refractivity contribution in [3.05, 3.63) is 88.6 Å². The van der Waals surface area contributed by atoms with Gasteiger partial charge in [0.05, 0.1) is 17.7 Å². The lowest BCUT2D eigenvalue weighted by Gasteiger charge is -2.17. The second-order valence-electron chi connectivity index (χ2n) is 7.75. The highest BCUT2D eigenvalue weighted by molar-refractivity contribution is 8.27. The van der Waals surface area contributed by atoms with Gasteiger partial charge in [-0.25, -0.2) is 4.39 Å². The molecule has 1 fully saturated rings. The summed E-state index contributed by atoms with van der Waals surface area (Å²) in [5.41, 5.74) is 3.40. The Labute approximate surface area is 207 Å². The van der Waals surface area contributed by atoms with Crippen LogP contribution in [0.4, 0.5) is 15.8 Å². The van der Waals surface area contributed by atoms with Crippen LogP contribution in [-0.4, -0.2) is 31.4 Å². The Hall–Kier alpha value is -3.36. The largest absolute Gasteiger partial charge is 0.493 e. The van der Waals surface area contributed by atoms with E-state index in [1.165, 1.54) is 23.9 Å². The molecule has 3 aromatic rings. The molecular weight excluding hydrogens is 471 g/mol. The number of hydrogen-bond acceptors (Lipinski definition) is 6. The van der Waals surface area contributed by atoms with Crippen molar-refractivity contribution >= 4 is 51.7 Å². The van der Waals surface area contributed by atoms with Gasteiger partial charge in [0.15, 0.2) is 15.8 Å². The molecule has 0 N–H and O–H groups in total. The highest BCUT2D eigenvalue weighted by Gasteiger charge is 2.33. The van der Waals surface area contributed by atoms with Gasteiger partial charge in [-0.2, -0.15) is 0 Å². The van der Waals surface area contributed by atoms with E-state index in [0.717, 1.165) is 22.5 Å². The number of anilines is 2. The van der Waals surface area contributed by atoms with Crippen molar-refractivity contribution in [2.24, 2.45) is 0 Å². The van der Waals surface area contributed by atoms with Gasteiger partial charge in [0.1, 0.15) is 12.4 Å². The molecule has 0 atom stereocenters. The average molecular weight is 495 g/mol. The van der Waals surface area contributed by atoms with Crippen molar-refractivity contribution in [1.82, 2.24) is 0 Å². The van der Waals surface area contributed by atoms with Crippen LogP contribution in [0.25, 0.3) is 6.08 Å². The molecule has 5 nitrogen and oxygen atoms in total.